The van der Waals surface area contributed by atoms with E-state index in [0.29, 0.717) is 11.7 Å². The average Bonchev–Trinajstić information content (AvgIpc) is 2.77. The molecule has 16 heavy (non-hydrogen) atoms. The van der Waals surface area contributed by atoms with E-state index < -0.39 is 0 Å². The van der Waals surface area contributed by atoms with Gasteiger partial charge in [0, 0.05) is 6.42 Å². The molecule has 0 radical (unpaired) electrons. The summed E-state index contributed by atoms with van der Waals surface area (Å²) in [5, 5.41) is 3.89. The second-order valence-corrected chi connectivity index (χ2v) is 4.21. The first-order valence-electron chi connectivity index (χ1n) is 6.36. The summed E-state index contributed by atoms with van der Waals surface area (Å²) in [6.07, 6.45) is 8.02. The lowest BCUT2D eigenvalue weighted by molar-refractivity contribution is 0.371. The Morgan fingerprint density at radius 2 is 1.94 bits per heavy atom. The molecule has 1 heterocycles. The number of unbranched alkanes of at least 4 members (excludes halogenated alkanes) is 4. The Bertz CT molecular complexity index is 286. The van der Waals surface area contributed by atoms with E-state index in [0.717, 1.165) is 19.3 Å². The van der Waals surface area contributed by atoms with Gasteiger partial charge in [-0.2, -0.15) is 4.98 Å². The minimum Gasteiger partial charge on any atom is -0.339 e. The zero-order valence-corrected chi connectivity index (χ0v) is 10.4. The fourth-order valence-electron chi connectivity index (χ4n) is 1.66. The third-order valence-corrected chi connectivity index (χ3v) is 2.74. The van der Waals surface area contributed by atoms with Gasteiger partial charge in [-0.15, -0.1) is 0 Å². The molecule has 1 atom stereocenters. The number of nitrogens with two attached hydrogens (primary N) is 1. The molecule has 1 aromatic rings. The van der Waals surface area contributed by atoms with Crippen molar-refractivity contribution in [3.8, 4) is 0 Å². The van der Waals surface area contributed by atoms with Gasteiger partial charge in [0.25, 0.3) is 0 Å². The summed E-state index contributed by atoms with van der Waals surface area (Å²) in [5.74, 6) is 1.34. The van der Waals surface area contributed by atoms with Gasteiger partial charge < -0.3 is 10.3 Å². The summed E-state index contributed by atoms with van der Waals surface area (Å²) in [4.78, 5) is 4.24. The molecule has 4 heteroatoms. The maximum atomic E-state index is 5.99. The van der Waals surface area contributed by atoms with Crippen LogP contribution in [0.4, 0.5) is 0 Å². The predicted molar refractivity (Wildman–Crippen MR) is 64.0 cm³/mol. The van der Waals surface area contributed by atoms with E-state index in [1.165, 1.54) is 25.7 Å². The second-order valence-electron chi connectivity index (χ2n) is 4.21. The van der Waals surface area contributed by atoms with Crippen LogP contribution in [0.25, 0.3) is 0 Å². The number of hydrogen-bond donors (Lipinski definition) is 1. The molecule has 0 saturated carbocycles. The van der Waals surface area contributed by atoms with Crippen LogP contribution < -0.4 is 5.73 Å². The van der Waals surface area contributed by atoms with Crippen molar-refractivity contribution in [1.82, 2.24) is 10.1 Å². The summed E-state index contributed by atoms with van der Waals surface area (Å²) in [7, 11) is 0. The zero-order valence-electron chi connectivity index (χ0n) is 10.4. The van der Waals surface area contributed by atoms with Gasteiger partial charge in [0.15, 0.2) is 5.82 Å². The van der Waals surface area contributed by atoms with Crippen molar-refractivity contribution in [3.63, 3.8) is 0 Å². The van der Waals surface area contributed by atoms with E-state index in [9.17, 15) is 0 Å². The number of rotatable bonds is 8. The third kappa shape index (κ3) is 4.31. The van der Waals surface area contributed by atoms with Gasteiger partial charge in [0.2, 0.25) is 5.89 Å². The number of nitrogens with zero attached hydrogens (tertiary/aromatic N) is 2. The molecule has 1 unspecified atom stereocenters. The molecule has 0 saturated heterocycles. The van der Waals surface area contributed by atoms with Crippen molar-refractivity contribution >= 4 is 0 Å². The molecular formula is C12H23N3O. The number of aromatic nitrogens is 2. The average molecular weight is 225 g/mol. The molecule has 0 aliphatic carbocycles. The molecule has 0 bridgehead atoms. The fraction of sp³-hybridized carbons (Fsp3) is 0.833. The highest BCUT2D eigenvalue weighted by Gasteiger charge is 2.12. The van der Waals surface area contributed by atoms with E-state index in [1.807, 2.05) is 6.92 Å². The Labute approximate surface area is 97.6 Å². The standard InChI is InChI=1S/C12H23N3O/c1-3-5-6-7-8-9-10(13)12-14-11(4-2)16-15-12/h10H,3-9,13H2,1-2H3. The van der Waals surface area contributed by atoms with Crippen molar-refractivity contribution in [1.29, 1.82) is 0 Å². The van der Waals surface area contributed by atoms with Gasteiger partial charge in [-0.3, -0.25) is 0 Å². The summed E-state index contributed by atoms with van der Waals surface area (Å²) in [5.41, 5.74) is 5.99. The van der Waals surface area contributed by atoms with E-state index in [4.69, 9.17) is 10.3 Å². The van der Waals surface area contributed by atoms with Crippen LogP contribution in [0.1, 0.15) is 70.1 Å². The van der Waals surface area contributed by atoms with Crippen LogP contribution in [-0.4, -0.2) is 10.1 Å². The van der Waals surface area contributed by atoms with E-state index in [1.54, 1.807) is 0 Å². The second kappa shape index (κ2) is 7.39. The van der Waals surface area contributed by atoms with E-state index in [-0.39, 0.29) is 6.04 Å². The van der Waals surface area contributed by atoms with Gasteiger partial charge >= 0.3 is 0 Å². The van der Waals surface area contributed by atoms with Gasteiger partial charge in [-0.05, 0) is 6.42 Å². The predicted octanol–water partition coefficient (Wildman–Crippen LogP) is 2.99. The molecule has 92 valence electrons. The van der Waals surface area contributed by atoms with Crippen LogP contribution in [0.2, 0.25) is 0 Å². The van der Waals surface area contributed by atoms with Gasteiger partial charge in [0.1, 0.15) is 0 Å². The highest BCUT2D eigenvalue weighted by Crippen LogP contribution is 2.15. The molecule has 1 aromatic heterocycles. The smallest absolute Gasteiger partial charge is 0.226 e. The molecule has 4 nitrogen and oxygen atoms in total. The van der Waals surface area contributed by atoms with Crippen LogP contribution in [0, 0.1) is 0 Å². The molecule has 0 spiro atoms. The lowest BCUT2D eigenvalue weighted by atomic mass is 10.1. The summed E-state index contributed by atoms with van der Waals surface area (Å²) >= 11 is 0. The first kappa shape index (κ1) is 13.2. The summed E-state index contributed by atoms with van der Waals surface area (Å²) < 4.78 is 5.04. The minimum atomic E-state index is -0.0642. The Hall–Kier alpha value is -0.900. The molecule has 0 amide bonds. The summed E-state index contributed by atoms with van der Waals surface area (Å²) in [6.45, 7) is 4.21. The highest BCUT2D eigenvalue weighted by atomic mass is 16.5. The van der Waals surface area contributed by atoms with Gasteiger partial charge in [-0.25, -0.2) is 0 Å². The van der Waals surface area contributed by atoms with Gasteiger partial charge in [0.05, 0.1) is 6.04 Å². The van der Waals surface area contributed by atoms with Crippen molar-refractivity contribution in [2.24, 2.45) is 5.73 Å². The maximum absolute atomic E-state index is 5.99. The number of hydrogen-bond acceptors (Lipinski definition) is 4. The van der Waals surface area contributed by atoms with Crippen molar-refractivity contribution in [3.05, 3.63) is 11.7 Å². The molecular weight excluding hydrogens is 202 g/mol. The molecule has 0 fully saturated rings. The molecule has 2 N–H and O–H groups in total. The van der Waals surface area contributed by atoms with Crippen molar-refractivity contribution < 1.29 is 4.52 Å². The first-order valence-corrected chi connectivity index (χ1v) is 6.36. The van der Waals surface area contributed by atoms with Crippen LogP contribution >= 0.6 is 0 Å². The van der Waals surface area contributed by atoms with E-state index >= 15 is 0 Å². The summed E-state index contributed by atoms with van der Waals surface area (Å²) in [6, 6.07) is -0.0642. The zero-order chi connectivity index (χ0) is 11.8. The van der Waals surface area contributed by atoms with Crippen molar-refractivity contribution in [2.75, 3.05) is 0 Å². The van der Waals surface area contributed by atoms with E-state index in [2.05, 4.69) is 17.1 Å². The molecule has 0 aliphatic heterocycles. The molecule has 0 aromatic carbocycles. The Balaban J connectivity index is 2.21. The molecule has 1 rings (SSSR count). The number of aryl methyl sites for hydroxylation is 1. The third-order valence-electron chi connectivity index (χ3n) is 2.74. The van der Waals surface area contributed by atoms with Crippen LogP contribution in [-0.2, 0) is 6.42 Å². The monoisotopic (exact) mass is 225 g/mol. The lowest BCUT2D eigenvalue weighted by Gasteiger charge is -2.05. The van der Waals surface area contributed by atoms with Gasteiger partial charge in [-0.1, -0.05) is 51.1 Å². The van der Waals surface area contributed by atoms with Crippen LogP contribution in [0.15, 0.2) is 4.52 Å². The van der Waals surface area contributed by atoms with Crippen molar-refractivity contribution in [2.45, 2.75) is 64.8 Å². The van der Waals surface area contributed by atoms with Crippen LogP contribution in [0.5, 0.6) is 0 Å². The Morgan fingerprint density at radius 3 is 2.56 bits per heavy atom. The highest BCUT2D eigenvalue weighted by molar-refractivity contribution is 4.92. The lowest BCUT2D eigenvalue weighted by Crippen LogP contribution is -2.12. The molecule has 0 aliphatic rings. The quantitative estimate of drug-likeness (QED) is 0.691. The Kier molecular flexibility index (Phi) is 6.08. The largest absolute Gasteiger partial charge is 0.339 e. The Morgan fingerprint density at radius 1 is 1.19 bits per heavy atom. The minimum absolute atomic E-state index is 0.0642. The maximum Gasteiger partial charge on any atom is 0.226 e. The first-order chi connectivity index (χ1) is 7.77. The van der Waals surface area contributed by atoms with Crippen LogP contribution in [0.3, 0.4) is 0 Å². The topological polar surface area (TPSA) is 64.9 Å². The SMILES string of the molecule is CCCCCCCC(N)c1noc(CC)n1. The fourth-order valence-corrected chi connectivity index (χ4v) is 1.66. The normalized spacial score (nSPS) is 12.9.